The summed E-state index contributed by atoms with van der Waals surface area (Å²) in [5.74, 6) is 1.13. The van der Waals surface area contributed by atoms with Gasteiger partial charge in [0.1, 0.15) is 5.82 Å². The summed E-state index contributed by atoms with van der Waals surface area (Å²) in [6.07, 6.45) is 0. The van der Waals surface area contributed by atoms with Crippen molar-refractivity contribution in [3.63, 3.8) is 0 Å². The van der Waals surface area contributed by atoms with E-state index in [4.69, 9.17) is 16.9 Å². The molecular weight excluding hydrogens is 296 g/mol. The zero-order chi connectivity index (χ0) is 15.5. The lowest BCUT2D eigenvalue weighted by atomic mass is 10.0. The summed E-state index contributed by atoms with van der Waals surface area (Å²) in [4.78, 5) is 12.4. The normalized spacial score (nSPS) is 10.2. The molecule has 4 nitrogen and oxygen atoms in total. The molecule has 0 unspecified atom stereocenters. The van der Waals surface area contributed by atoms with Crippen molar-refractivity contribution in [3.05, 3.63) is 65.2 Å². The van der Waals surface area contributed by atoms with Crippen LogP contribution in [-0.4, -0.2) is 15.0 Å². The van der Waals surface area contributed by atoms with Gasteiger partial charge in [-0.15, -0.1) is 0 Å². The van der Waals surface area contributed by atoms with E-state index in [1.807, 2.05) is 42.5 Å². The molecule has 0 aliphatic rings. The molecule has 0 spiro atoms. The van der Waals surface area contributed by atoms with Crippen molar-refractivity contribution in [2.45, 2.75) is 6.92 Å². The summed E-state index contributed by atoms with van der Waals surface area (Å²) in [7, 11) is 0. The van der Waals surface area contributed by atoms with E-state index in [1.54, 1.807) is 13.0 Å². The van der Waals surface area contributed by atoms with Crippen molar-refractivity contribution >= 4 is 11.6 Å². The minimum Gasteiger partial charge on any atom is -0.213 e. The Hall–Kier alpha value is -2.77. The maximum atomic E-state index is 8.97. The van der Waals surface area contributed by atoms with E-state index in [0.29, 0.717) is 17.2 Å². The molecule has 0 N–H and O–H groups in total. The average molecular weight is 307 g/mol. The van der Waals surface area contributed by atoms with Gasteiger partial charge in [-0.3, -0.25) is 0 Å². The third kappa shape index (κ3) is 2.95. The van der Waals surface area contributed by atoms with Crippen molar-refractivity contribution < 1.29 is 0 Å². The highest BCUT2D eigenvalue weighted by Gasteiger charge is 2.06. The largest absolute Gasteiger partial charge is 0.226 e. The van der Waals surface area contributed by atoms with Gasteiger partial charge in [-0.2, -0.15) is 10.2 Å². The van der Waals surface area contributed by atoms with Gasteiger partial charge in [0, 0.05) is 5.56 Å². The van der Waals surface area contributed by atoms with Crippen molar-refractivity contribution in [1.29, 1.82) is 5.26 Å². The van der Waals surface area contributed by atoms with Crippen molar-refractivity contribution in [1.82, 2.24) is 15.0 Å². The quantitative estimate of drug-likeness (QED) is 0.717. The summed E-state index contributed by atoms with van der Waals surface area (Å²) in [6, 6.07) is 17.4. The predicted octanol–water partition coefficient (Wildman–Crippen LogP) is 4.04. The number of nitriles is 1. The highest BCUT2D eigenvalue weighted by atomic mass is 35.5. The zero-order valence-corrected chi connectivity index (χ0v) is 12.5. The molecule has 0 bridgehead atoms. The Morgan fingerprint density at radius 2 is 1.64 bits per heavy atom. The maximum absolute atomic E-state index is 8.97. The van der Waals surface area contributed by atoms with Gasteiger partial charge in [-0.1, -0.05) is 36.4 Å². The molecule has 0 amide bonds. The van der Waals surface area contributed by atoms with Crippen LogP contribution in [0.1, 0.15) is 11.4 Å². The molecule has 0 saturated heterocycles. The Labute approximate surface area is 133 Å². The lowest BCUT2D eigenvalue weighted by Crippen LogP contribution is -1.96. The summed E-state index contributed by atoms with van der Waals surface area (Å²) in [5.41, 5.74) is 3.53. The SMILES string of the molecule is Cc1nc(Cl)nc(-c2ccc(-c3cccc(C#N)c3)cc2)n1. The third-order valence-electron chi connectivity index (χ3n) is 3.19. The topological polar surface area (TPSA) is 62.5 Å². The van der Waals surface area contributed by atoms with Crippen LogP contribution in [0.25, 0.3) is 22.5 Å². The number of hydrogen-bond donors (Lipinski definition) is 0. The zero-order valence-electron chi connectivity index (χ0n) is 11.8. The number of aromatic nitrogens is 3. The highest BCUT2D eigenvalue weighted by molar-refractivity contribution is 6.28. The molecule has 5 heteroatoms. The number of benzene rings is 2. The van der Waals surface area contributed by atoms with Crippen LogP contribution < -0.4 is 0 Å². The number of nitrogens with zero attached hydrogens (tertiary/aromatic N) is 4. The number of rotatable bonds is 2. The minimum absolute atomic E-state index is 0.188. The van der Waals surface area contributed by atoms with Crippen molar-refractivity contribution in [3.8, 4) is 28.6 Å². The molecule has 0 fully saturated rings. The number of aryl methyl sites for hydroxylation is 1. The Kier molecular flexibility index (Phi) is 3.82. The molecule has 106 valence electrons. The first-order chi connectivity index (χ1) is 10.7. The van der Waals surface area contributed by atoms with Gasteiger partial charge in [0.15, 0.2) is 5.82 Å². The Balaban J connectivity index is 1.97. The van der Waals surface area contributed by atoms with Gasteiger partial charge in [0.25, 0.3) is 0 Å². The van der Waals surface area contributed by atoms with E-state index in [9.17, 15) is 0 Å². The maximum Gasteiger partial charge on any atom is 0.226 e. The van der Waals surface area contributed by atoms with E-state index < -0.39 is 0 Å². The first-order valence-corrected chi connectivity index (χ1v) is 7.02. The fourth-order valence-corrected chi connectivity index (χ4v) is 2.36. The minimum atomic E-state index is 0.188. The van der Waals surface area contributed by atoms with Crippen LogP contribution in [0.4, 0.5) is 0 Å². The molecule has 0 radical (unpaired) electrons. The van der Waals surface area contributed by atoms with Crippen LogP contribution in [0.2, 0.25) is 5.28 Å². The molecule has 0 aliphatic carbocycles. The molecule has 0 atom stereocenters. The lowest BCUT2D eigenvalue weighted by molar-refractivity contribution is 0.984. The molecule has 1 aromatic heterocycles. The third-order valence-corrected chi connectivity index (χ3v) is 3.36. The van der Waals surface area contributed by atoms with Crippen LogP contribution in [0, 0.1) is 18.3 Å². The molecular formula is C17H11ClN4. The fourth-order valence-electron chi connectivity index (χ4n) is 2.16. The first-order valence-electron chi connectivity index (χ1n) is 6.65. The molecule has 3 rings (SSSR count). The second kappa shape index (κ2) is 5.92. The Morgan fingerprint density at radius 3 is 2.32 bits per heavy atom. The Morgan fingerprint density at radius 1 is 0.909 bits per heavy atom. The smallest absolute Gasteiger partial charge is 0.213 e. The van der Waals surface area contributed by atoms with Crippen LogP contribution in [0.5, 0.6) is 0 Å². The highest BCUT2D eigenvalue weighted by Crippen LogP contribution is 2.24. The summed E-state index contributed by atoms with van der Waals surface area (Å²) >= 11 is 5.87. The van der Waals surface area contributed by atoms with Crippen LogP contribution in [-0.2, 0) is 0 Å². The van der Waals surface area contributed by atoms with E-state index in [1.165, 1.54) is 0 Å². The van der Waals surface area contributed by atoms with Crippen molar-refractivity contribution in [2.75, 3.05) is 0 Å². The summed E-state index contributed by atoms with van der Waals surface area (Å²) in [6.45, 7) is 1.78. The lowest BCUT2D eigenvalue weighted by Gasteiger charge is -2.05. The second-order valence-corrected chi connectivity index (χ2v) is 5.08. The first kappa shape index (κ1) is 14.2. The monoisotopic (exact) mass is 306 g/mol. The Bertz CT molecular complexity index is 846. The molecule has 3 aromatic rings. The van der Waals surface area contributed by atoms with E-state index in [-0.39, 0.29) is 5.28 Å². The van der Waals surface area contributed by atoms with Crippen molar-refractivity contribution in [2.24, 2.45) is 0 Å². The summed E-state index contributed by atoms with van der Waals surface area (Å²) in [5, 5.41) is 9.16. The molecule has 0 aliphatic heterocycles. The fraction of sp³-hybridized carbons (Fsp3) is 0.0588. The standard InChI is InChI=1S/C17H11ClN4/c1-11-20-16(22-17(18)21-11)14-7-5-13(6-8-14)15-4-2-3-12(9-15)10-19/h2-9H,1H3. The number of halogens is 1. The van der Waals surface area contributed by atoms with E-state index >= 15 is 0 Å². The van der Waals surface area contributed by atoms with Crippen LogP contribution >= 0.6 is 11.6 Å². The van der Waals surface area contributed by atoms with E-state index in [2.05, 4.69) is 21.0 Å². The molecule has 0 saturated carbocycles. The second-order valence-electron chi connectivity index (χ2n) is 4.75. The molecule has 1 heterocycles. The van der Waals surface area contributed by atoms with E-state index in [0.717, 1.165) is 16.7 Å². The average Bonchev–Trinajstić information content (AvgIpc) is 2.54. The predicted molar refractivity (Wildman–Crippen MR) is 85.2 cm³/mol. The van der Waals surface area contributed by atoms with Gasteiger partial charge >= 0.3 is 0 Å². The molecule has 22 heavy (non-hydrogen) atoms. The van der Waals surface area contributed by atoms with Gasteiger partial charge in [-0.25, -0.2) is 9.97 Å². The van der Waals surface area contributed by atoms with Crippen LogP contribution in [0.15, 0.2) is 48.5 Å². The van der Waals surface area contributed by atoms with Gasteiger partial charge < -0.3 is 0 Å². The van der Waals surface area contributed by atoms with Gasteiger partial charge in [0.05, 0.1) is 11.6 Å². The van der Waals surface area contributed by atoms with Crippen LogP contribution in [0.3, 0.4) is 0 Å². The number of hydrogen-bond acceptors (Lipinski definition) is 4. The van der Waals surface area contributed by atoms with Gasteiger partial charge in [-0.05, 0) is 41.8 Å². The van der Waals surface area contributed by atoms with Gasteiger partial charge in [0.2, 0.25) is 5.28 Å². The summed E-state index contributed by atoms with van der Waals surface area (Å²) < 4.78 is 0. The molecule has 2 aromatic carbocycles.